The van der Waals surface area contributed by atoms with Crippen molar-refractivity contribution in [1.82, 2.24) is 0 Å². The molecule has 3 amide bonds. The fourth-order valence-corrected chi connectivity index (χ4v) is 2.69. The van der Waals surface area contributed by atoms with E-state index in [1.165, 1.54) is 5.56 Å². The van der Waals surface area contributed by atoms with Crippen molar-refractivity contribution in [2.75, 3.05) is 10.6 Å². The summed E-state index contributed by atoms with van der Waals surface area (Å²) in [5.74, 6) is -0.251. The van der Waals surface area contributed by atoms with Crippen LogP contribution in [-0.4, -0.2) is 11.9 Å². The second kappa shape index (κ2) is 7.98. The van der Waals surface area contributed by atoms with E-state index in [0.29, 0.717) is 11.3 Å². The Morgan fingerprint density at radius 1 is 0.808 bits per heavy atom. The third-order valence-electron chi connectivity index (χ3n) is 3.90. The summed E-state index contributed by atoms with van der Waals surface area (Å²) in [5, 5.41) is 5.41. The van der Waals surface area contributed by atoms with Crippen molar-refractivity contribution in [2.24, 2.45) is 5.73 Å². The molecule has 130 valence electrons. The number of nitrogens with one attached hydrogen (secondary N) is 2. The quantitative estimate of drug-likeness (QED) is 0.652. The number of urea groups is 1. The number of benzene rings is 3. The van der Waals surface area contributed by atoms with E-state index < -0.39 is 6.03 Å². The number of carbonyl (C=O) groups is 2. The molecule has 0 aliphatic rings. The molecule has 0 saturated carbocycles. The van der Waals surface area contributed by atoms with Crippen molar-refractivity contribution >= 4 is 23.3 Å². The summed E-state index contributed by atoms with van der Waals surface area (Å²) in [7, 11) is 0. The van der Waals surface area contributed by atoms with Gasteiger partial charge in [-0.05, 0) is 41.8 Å². The molecule has 0 atom stereocenters. The first-order chi connectivity index (χ1) is 12.6. The molecule has 4 N–H and O–H groups in total. The number of amides is 3. The Balaban J connectivity index is 1.79. The largest absolute Gasteiger partial charge is 0.351 e. The van der Waals surface area contributed by atoms with Gasteiger partial charge in [0.15, 0.2) is 0 Å². The van der Waals surface area contributed by atoms with Crippen LogP contribution in [0, 0.1) is 0 Å². The molecule has 3 aromatic carbocycles. The van der Waals surface area contributed by atoms with Crippen LogP contribution in [0.1, 0.15) is 21.5 Å². The first-order valence-electron chi connectivity index (χ1n) is 8.21. The van der Waals surface area contributed by atoms with Gasteiger partial charge in [-0.15, -0.1) is 0 Å². The standard InChI is InChI=1S/C21H19N3O2/c22-21(26)23-18-11-6-10-17(14-18)20(25)24-19-12-5-4-9-16(19)13-15-7-2-1-3-8-15/h1-12,14H,13H2,(H,24,25)(H3,22,23,26). The Morgan fingerprint density at radius 2 is 1.54 bits per heavy atom. The third kappa shape index (κ3) is 4.48. The van der Waals surface area contributed by atoms with Gasteiger partial charge in [-0.1, -0.05) is 54.6 Å². The molecule has 26 heavy (non-hydrogen) atoms. The van der Waals surface area contributed by atoms with Gasteiger partial charge in [-0.2, -0.15) is 0 Å². The van der Waals surface area contributed by atoms with Crippen molar-refractivity contribution < 1.29 is 9.59 Å². The number of anilines is 2. The van der Waals surface area contributed by atoms with Crippen LogP contribution in [0.3, 0.4) is 0 Å². The Kier molecular flexibility index (Phi) is 5.29. The molecule has 0 aliphatic heterocycles. The van der Waals surface area contributed by atoms with E-state index in [1.54, 1.807) is 24.3 Å². The first kappa shape index (κ1) is 17.2. The van der Waals surface area contributed by atoms with Crippen LogP contribution in [0.25, 0.3) is 0 Å². The molecule has 5 heteroatoms. The monoisotopic (exact) mass is 345 g/mol. The molecule has 0 aromatic heterocycles. The average Bonchev–Trinajstić information content (AvgIpc) is 2.64. The molecule has 0 spiro atoms. The van der Waals surface area contributed by atoms with Gasteiger partial charge < -0.3 is 16.4 Å². The molecule has 5 nitrogen and oxygen atoms in total. The SMILES string of the molecule is NC(=O)Nc1cccc(C(=O)Nc2ccccc2Cc2ccccc2)c1. The van der Waals surface area contributed by atoms with Crippen molar-refractivity contribution in [3.8, 4) is 0 Å². The van der Waals surface area contributed by atoms with Crippen LogP contribution in [0.2, 0.25) is 0 Å². The molecule has 0 bridgehead atoms. The molecule has 0 aliphatic carbocycles. The van der Waals surface area contributed by atoms with E-state index in [2.05, 4.69) is 22.8 Å². The van der Waals surface area contributed by atoms with Gasteiger partial charge in [0.2, 0.25) is 0 Å². The number of hydrogen-bond acceptors (Lipinski definition) is 2. The lowest BCUT2D eigenvalue weighted by atomic mass is 10.0. The summed E-state index contributed by atoms with van der Waals surface area (Å²) < 4.78 is 0. The molecule has 0 heterocycles. The van der Waals surface area contributed by atoms with Gasteiger partial charge in [0.1, 0.15) is 0 Å². The summed E-state index contributed by atoms with van der Waals surface area (Å²) in [4.78, 5) is 23.6. The Morgan fingerprint density at radius 3 is 2.31 bits per heavy atom. The van der Waals surface area contributed by atoms with E-state index in [4.69, 9.17) is 5.73 Å². The normalized spacial score (nSPS) is 10.2. The highest BCUT2D eigenvalue weighted by Gasteiger charge is 2.10. The van der Waals surface area contributed by atoms with Crippen LogP contribution < -0.4 is 16.4 Å². The zero-order valence-corrected chi connectivity index (χ0v) is 14.1. The van der Waals surface area contributed by atoms with Crippen molar-refractivity contribution in [1.29, 1.82) is 0 Å². The maximum atomic E-state index is 12.6. The minimum Gasteiger partial charge on any atom is -0.351 e. The van der Waals surface area contributed by atoms with Gasteiger partial charge in [0.25, 0.3) is 5.91 Å². The van der Waals surface area contributed by atoms with Crippen molar-refractivity contribution in [3.63, 3.8) is 0 Å². The number of primary amides is 1. The second-order valence-corrected chi connectivity index (χ2v) is 5.84. The van der Waals surface area contributed by atoms with Crippen LogP contribution in [-0.2, 0) is 6.42 Å². The number of hydrogen-bond donors (Lipinski definition) is 3. The van der Waals surface area contributed by atoms with E-state index in [1.807, 2.05) is 42.5 Å². The van der Waals surface area contributed by atoms with Gasteiger partial charge in [0.05, 0.1) is 0 Å². The highest BCUT2D eigenvalue weighted by atomic mass is 16.2. The summed E-state index contributed by atoms with van der Waals surface area (Å²) in [6, 6.07) is 23.7. The average molecular weight is 345 g/mol. The zero-order chi connectivity index (χ0) is 18.4. The van der Waals surface area contributed by atoms with Crippen LogP contribution in [0.15, 0.2) is 78.9 Å². The molecule has 3 rings (SSSR count). The number of rotatable bonds is 5. The smallest absolute Gasteiger partial charge is 0.316 e. The molecular formula is C21H19N3O2. The lowest BCUT2D eigenvalue weighted by Crippen LogP contribution is -2.20. The lowest BCUT2D eigenvalue weighted by Gasteiger charge is -2.12. The summed E-state index contributed by atoms with van der Waals surface area (Å²) in [6.45, 7) is 0. The molecule has 0 saturated heterocycles. The number of carbonyl (C=O) groups excluding carboxylic acids is 2. The summed E-state index contributed by atoms with van der Waals surface area (Å²) in [5.41, 5.74) is 8.98. The van der Waals surface area contributed by atoms with E-state index >= 15 is 0 Å². The van der Waals surface area contributed by atoms with Gasteiger partial charge in [-0.3, -0.25) is 4.79 Å². The Labute approximate surface area is 151 Å². The Hall–Kier alpha value is -3.60. The van der Waals surface area contributed by atoms with E-state index in [-0.39, 0.29) is 5.91 Å². The highest BCUT2D eigenvalue weighted by Crippen LogP contribution is 2.20. The van der Waals surface area contributed by atoms with Gasteiger partial charge in [-0.25, -0.2) is 4.79 Å². The number of para-hydroxylation sites is 1. The van der Waals surface area contributed by atoms with Crippen molar-refractivity contribution in [2.45, 2.75) is 6.42 Å². The minimum atomic E-state index is -0.671. The van der Waals surface area contributed by atoms with E-state index in [0.717, 1.165) is 17.7 Å². The predicted octanol–water partition coefficient (Wildman–Crippen LogP) is 4.02. The number of nitrogens with two attached hydrogens (primary N) is 1. The molecule has 0 radical (unpaired) electrons. The third-order valence-corrected chi connectivity index (χ3v) is 3.90. The van der Waals surface area contributed by atoms with Gasteiger partial charge >= 0.3 is 6.03 Å². The highest BCUT2D eigenvalue weighted by molar-refractivity contribution is 6.05. The maximum Gasteiger partial charge on any atom is 0.316 e. The minimum absolute atomic E-state index is 0.251. The van der Waals surface area contributed by atoms with Gasteiger partial charge in [0, 0.05) is 16.9 Å². The molecular weight excluding hydrogens is 326 g/mol. The summed E-state index contributed by atoms with van der Waals surface area (Å²) >= 11 is 0. The van der Waals surface area contributed by atoms with E-state index in [9.17, 15) is 9.59 Å². The maximum absolute atomic E-state index is 12.6. The summed E-state index contributed by atoms with van der Waals surface area (Å²) in [6.07, 6.45) is 0.723. The topological polar surface area (TPSA) is 84.2 Å². The van der Waals surface area contributed by atoms with Crippen LogP contribution >= 0.6 is 0 Å². The molecule has 3 aromatic rings. The van der Waals surface area contributed by atoms with Crippen LogP contribution in [0.4, 0.5) is 16.2 Å². The Bertz CT molecular complexity index is 923. The predicted molar refractivity (Wildman–Crippen MR) is 103 cm³/mol. The molecule has 0 fully saturated rings. The van der Waals surface area contributed by atoms with Crippen LogP contribution in [0.5, 0.6) is 0 Å². The van der Waals surface area contributed by atoms with Crippen molar-refractivity contribution in [3.05, 3.63) is 95.6 Å². The zero-order valence-electron chi connectivity index (χ0n) is 14.1. The second-order valence-electron chi connectivity index (χ2n) is 5.84. The lowest BCUT2D eigenvalue weighted by molar-refractivity contribution is 0.102. The molecule has 0 unspecified atom stereocenters. The fraction of sp³-hybridized carbons (Fsp3) is 0.0476. The fourth-order valence-electron chi connectivity index (χ4n) is 2.69. The first-order valence-corrected chi connectivity index (χ1v) is 8.21.